The molecular formula is C17H27F4N5O2. The maximum atomic E-state index is 13.3. The maximum Gasteiger partial charge on any atom is 0.405 e. The number of halogens is 4. The Kier molecular flexibility index (Phi) is 7.10. The van der Waals surface area contributed by atoms with Gasteiger partial charge in [-0.25, -0.2) is 15.2 Å². The highest BCUT2D eigenvalue weighted by atomic mass is 19.4. The Balaban J connectivity index is 1.58. The van der Waals surface area contributed by atoms with Gasteiger partial charge in [-0.05, 0) is 38.5 Å². The first-order valence-corrected chi connectivity index (χ1v) is 9.76. The highest BCUT2D eigenvalue weighted by Crippen LogP contribution is 2.27. The summed E-state index contributed by atoms with van der Waals surface area (Å²) in [5.74, 6) is -0.492. The van der Waals surface area contributed by atoms with Crippen molar-refractivity contribution in [2.24, 2.45) is 10.9 Å². The number of carbonyl (C=O) groups is 1. The molecule has 1 saturated carbocycles. The summed E-state index contributed by atoms with van der Waals surface area (Å²) in [6.45, 7) is 0.964. The number of aliphatic imine (C=N–C) groups is 1. The SMILES string of the molecule is O=C(NC(=NCC1CCCO1)NC1CC(C(F)(F)F)NN1)C1CCC(F)CC1. The van der Waals surface area contributed by atoms with Crippen LogP contribution in [0.25, 0.3) is 0 Å². The van der Waals surface area contributed by atoms with Crippen molar-refractivity contribution < 1.29 is 27.1 Å². The summed E-state index contributed by atoms with van der Waals surface area (Å²) in [7, 11) is 0. The standard InChI is InChI=1S/C17H27F4N5O2/c18-11-5-3-10(4-6-11)15(27)24-16(22-9-12-2-1-7-28-12)23-14-8-13(25-26-14)17(19,20)21/h10-14,25-26H,1-9H2,(H2,22,23,24,27). The van der Waals surface area contributed by atoms with E-state index in [4.69, 9.17) is 4.74 Å². The van der Waals surface area contributed by atoms with Crippen molar-refractivity contribution in [3.63, 3.8) is 0 Å². The summed E-state index contributed by atoms with van der Waals surface area (Å²) in [6, 6.07) is -1.68. The summed E-state index contributed by atoms with van der Waals surface area (Å²) in [5, 5.41) is 5.51. The molecule has 3 unspecified atom stereocenters. The number of alkyl halides is 4. The minimum atomic E-state index is -4.37. The van der Waals surface area contributed by atoms with Crippen molar-refractivity contribution in [1.82, 2.24) is 21.5 Å². The number of hydrogen-bond acceptors (Lipinski definition) is 5. The molecule has 160 valence electrons. The van der Waals surface area contributed by atoms with E-state index in [0.717, 1.165) is 12.8 Å². The second-order valence-corrected chi connectivity index (χ2v) is 7.58. The number of rotatable bonds is 4. The molecule has 1 aliphatic carbocycles. The molecule has 0 radical (unpaired) electrons. The number of hydrogen-bond donors (Lipinski definition) is 4. The van der Waals surface area contributed by atoms with E-state index in [1.807, 2.05) is 0 Å². The van der Waals surface area contributed by atoms with Gasteiger partial charge < -0.3 is 10.1 Å². The molecule has 3 fully saturated rings. The maximum absolute atomic E-state index is 13.3. The van der Waals surface area contributed by atoms with E-state index in [2.05, 4.69) is 26.5 Å². The third kappa shape index (κ3) is 6.02. The van der Waals surface area contributed by atoms with Crippen LogP contribution in [-0.2, 0) is 9.53 Å². The average Bonchev–Trinajstić information content (AvgIpc) is 3.31. The second kappa shape index (κ2) is 9.36. The molecule has 7 nitrogen and oxygen atoms in total. The predicted molar refractivity (Wildman–Crippen MR) is 93.9 cm³/mol. The molecule has 11 heteroatoms. The quantitative estimate of drug-likeness (QED) is 0.321. The molecule has 0 aromatic heterocycles. The van der Waals surface area contributed by atoms with Crippen LogP contribution in [0.5, 0.6) is 0 Å². The number of nitrogens with zero attached hydrogens (tertiary/aromatic N) is 1. The van der Waals surface area contributed by atoms with E-state index in [0.29, 0.717) is 38.8 Å². The van der Waals surface area contributed by atoms with Crippen LogP contribution in [0.3, 0.4) is 0 Å². The monoisotopic (exact) mass is 409 g/mol. The van der Waals surface area contributed by atoms with Gasteiger partial charge in [0.15, 0.2) is 5.96 Å². The number of amides is 1. The van der Waals surface area contributed by atoms with Crippen LogP contribution in [0.15, 0.2) is 4.99 Å². The molecule has 4 N–H and O–H groups in total. The number of ether oxygens (including phenoxy) is 1. The van der Waals surface area contributed by atoms with Gasteiger partial charge in [-0.1, -0.05) is 0 Å². The molecule has 0 aromatic rings. The van der Waals surface area contributed by atoms with Gasteiger partial charge in [0.05, 0.1) is 18.8 Å². The zero-order valence-corrected chi connectivity index (χ0v) is 15.5. The fourth-order valence-electron chi connectivity index (χ4n) is 3.67. The number of nitrogens with one attached hydrogen (secondary N) is 4. The first-order chi connectivity index (χ1) is 13.3. The van der Waals surface area contributed by atoms with Crippen molar-refractivity contribution in [3.8, 4) is 0 Å². The fraction of sp³-hybridized carbons (Fsp3) is 0.882. The molecule has 2 aliphatic heterocycles. The number of guanidine groups is 1. The Bertz CT molecular complexity index is 560. The molecule has 3 aliphatic rings. The summed E-state index contributed by atoms with van der Waals surface area (Å²) >= 11 is 0. The average molecular weight is 409 g/mol. The van der Waals surface area contributed by atoms with Crippen LogP contribution in [0, 0.1) is 5.92 Å². The zero-order chi connectivity index (χ0) is 20.1. The van der Waals surface area contributed by atoms with Crippen molar-refractivity contribution in [2.75, 3.05) is 13.2 Å². The van der Waals surface area contributed by atoms with Crippen LogP contribution in [0.4, 0.5) is 17.6 Å². The zero-order valence-electron chi connectivity index (χ0n) is 15.5. The van der Waals surface area contributed by atoms with Crippen molar-refractivity contribution >= 4 is 11.9 Å². The summed E-state index contributed by atoms with van der Waals surface area (Å²) < 4.78 is 57.3. The highest BCUT2D eigenvalue weighted by molar-refractivity contribution is 5.98. The van der Waals surface area contributed by atoms with Gasteiger partial charge in [0.1, 0.15) is 12.2 Å². The van der Waals surface area contributed by atoms with Crippen LogP contribution < -0.4 is 21.5 Å². The van der Waals surface area contributed by atoms with Gasteiger partial charge in [0, 0.05) is 18.9 Å². The molecule has 0 spiro atoms. The molecule has 3 atom stereocenters. The molecule has 2 heterocycles. The van der Waals surface area contributed by atoms with Gasteiger partial charge in [-0.15, -0.1) is 0 Å². The van der Waals surface area contributed by atoms with Crippen molar-refractivity contribution in [1.29, 1.82) is 0 Å². The highest BCUT2D eigenvalue weighted by Gasteiger charge is 2.44. The van der Waals surface area contributed by atoms with E-state index in [1.54, 1.807) is 0 Å². The topological polar surface area (TPSA) is 86.8 Å². The minimum absolute atomic E-state index is 0.0618. The Hall–Kier alpha value is -1.46. The van der Waals surface area contributed by atoms with Crippen LogP contribution in [0.2, 0.25) is 0 Å². The van der Waals surface area contributed by atoms with Gasteiger partial charge in [-0.2, -0.15) is 13.2 Å². The molecule has 1 amide bonds. The van der Waals surface area contributed by atoms with E-state index in [9.17, 15) is 22.4 Å². The Morgan fingerprint density at radius 1 is 1.14 bits per heavy atom. The largest absolute Gasteiger partial charge is 0.405 e. The van der Waals surface area contributed by atoms with Crippen molar-refractivity contribution in [3.05, 3.63) is 0 Å². The normalized spacial score (nSPS) is 34.4. The molecular weight excluding hydrogens is 382 g/mol. The smallest absolute Gasteiger partial charge is 0.376 e. The lowest BCUT2D eigenvalue weighted by atomic mass is 9.87. The Labute approximate surface area is 161 Å². The minimum Gasteiger partial charge on any atom is -0.376 e. The summed E-state index contributed by atoms with van der Waals surface area (Å²) in [4.78, 5) is 16.8. The lowest BCUT2D eigenvalue weighted by Crippen LogP contribution is -2.52. The van der Waals surface area contributed by atoms with Gasteiger partial charge in [0.25, 0.3) is 0 Å². The molecule has 3 rings (SSSR count). The van der Waals surface area contributed by atoms with E-state index in [1.165, 1.54) is 0 Å². The van der Waals surface area contributed by atoms with Gasteiger partial charge in [0.2, 0.25) is 5.91 Å². The Morgan fingerprint density at radius 3 is 2.50 bits per heavy atom. The van der Waals surface area contributed by atoms with Gasteiger partial charge in [-0.3, -0.25) is 15.1 Å². The van der Waals surface area contributed by atoms with E-state index in [-0.39, 0.29) is 30.3 Å². The summed E-state index contributed by atoms with van der Waals surface area (Å²) in [5.41, 5.74) is 4.74. The van der Waals surface area contributed by atoms with Crippen LogP contribution >= 0.6 is 0 Å². The number of hydrazine groups is 1. The summed E-state index contributed by atoms with van der Waals surface area (Å²) in [6.07, 6.45) is -2.92. The van der Waals surface area contributed by atoms with Crippen molar-refractivity contribution in [2.45, 2.75) is 75.6 Å². The third-order valence-electron chi connectivity index (χ3n) is 5.36. The lowest BCUT2D eigenvalue weighted by Gasteiger charge is -2.24. The lowest BCUT2D eigenvalue weighted by molar-refractivity contribution is -0.153. The van der Waals surface area contributed by atoms with Gasteiger partial charge >= 0.3 is 6.18 Å². The van der Waals surface area contributed by atoms with E-state index < -0.39 is 24.6 Å². The first kappa shape index (κ1) is 21.3. The predicted octanol–water partition coefficient (Wildman–Crippen LogP) is 1.51. The van der Waals surface area contributed by atoms with Crippen LogP contribution in [-0.4, -0.2) is 55.7 Å². The molecule has 28 heavy (non-hydrogen) atoms. The number of carbonyl (C=O) groups excluding carboxylic acids is 1. The third-order valence-corrected chi connectivity index (χ3v) is 5.36. The fourth-order valence-corrected chi connectivity index (χ4v) is 3.67. The molecule has 0 bridgehead atoms. The molecule has 0 aromatic carbocycles. The molecule has 2 saturated heterocycles. The van der Waals surface area contributed by atoms with Crippen LogP contribution in [0.1, 0.15) is 44.9 Å². The van der Waals surface area contributed by atoms with E-state index >= 15 is 0 Å². The first-order valence-electron chi connectivity index (χ1n) is 9.76. The Morgan fingerprint density at radius 2 is 1.89 bits per heavy atom. The second-order valence-electron chi connectivity index (χ2n) is 7.58.